The van der Waals surface area contributed by atoms with Crippen molar-refractivity contribution >= 4 is 18.5 Å². The van der Waals surface area contributed by atoms with E-state index in [-0.39, 0.29) is 11.9 Å². The van der Waals surface area contributed by atoms with Crippen LogP contribution in [0.5, 0.6) is 0 Å². The van der Waals surface area contributed by atoms with Crippen LogP contribution in [0.2, 0.25) is 0 Å². The van der Waals surface area contributed by atoms with Crippen molar-refractivity contribution in [2.75, 3.05) is 33.2 Å². The van der Waals surface area contributed by atoms with Gasteiger partial charge in [-0.2, -0.15) is 0 Å². The number of carbonyl (C=O) groups is 1. The summed E-state index contributed by atoms with van der Waals surface area (Å²) in [5.74, 6) is 0.0123. The maximum atomic E-state index is 11.6. The van der Waals surface area contributed by atoms with E-state index in [0.717, 1.165) is 38.3 Å². The van der Waals surface area contributed by atoms with Crippen molar-refractivity contribution in [2.24, 2.45) is 9.98 Å². The Bertz CT molecular complexity index is 446. The fraction of sp³-hybridized carbons (Fsp3) is 0.500. The van der Waals surface area contributed by atoms with Crippen molar-refractivity contribution in [1.29, 1.82) is 0 Å². The maximum Gasteiger partial charge on any atom is 0.246 e. The molecule has 2 rings (SSSR count). The molecular formula is C14H21N5O. The lowest BCUT2D eigenvalue weighted by atomic mass is 10.1. The van der Waals surface area contributed by atoms with Gasteiger partial charge in [-0.25, -0.2) is 9.98 Å². The molecule has 1 amide bonds. The third-order valence-electron chi connectivity index (χ3n) is 3.55. The van der Waals surface area contributed by atoms with Gasteiger partial charge in [-0.15, -0.1) is 0 Å². The van der Waals surface area contributed by atoms with Crippen LogP contribution in [0.15, 0.2) is 34.5 Å². The molecule has 20 heavy (non-hydrogen) atoms. The van der Waals surface area contributed by atoms with Crippen LogP contribution in [0.1, 0.15) is 6.42 Å². The number of rotatable bonds is 3. The van der Waals surface area contributed by atoms with Crippen molar-refractivity contribution in [3.63, 3.8) is 0 Å². The van der Waals surface area contributed by atoms with Crippen molar-refractivity contribution < 1.29 is 4.79 Å². The molecule has 0 aromatic rings. The molecule has 0 aromatic carbocycles. The van der Waals surface area contributed by atoms with Crippen molar-refractivity contribution in [1.82, 2.24) is 15.1 Å². The van der Waals surface area contributed by atoms with Gasteiger partial charge >= 0.3 is 0 Å². The standard InChI is InChI=1S/C14H21N5O/c1-3-14(20)19-6-4-18(5-7-19)13-8-12(9-15-2)17-11-16-10-13/h3,9-11,13,15H,1,4-8H2,2H3/b12-9+. The zero-order chi connectivity index (χ0) is 14.4. The first-order chi connectivity index (χ1) is 9.74. The summed E-state index contributed by atoms with van der Waals surface area (Å²) >= 11 is 0. The van der Waals surface area contributed by atoms with Gasteiger partial charge in [-0.05, 0) is 6.08 Å². The van der Waals surface area contributed by atoms with E-state index in [1.165, 1.54) is 6.08 Å². The van der Waals surface area contributed by atoms with E-state index >= 15 is 0 Å². The van der Waals surface area contributed by atoms with Gasteiger partial charge in [0.05, 0.1) is 11.7 Å². The summed E-state index contributed by atoms with van der Waals surface area (Å²) in [6.07, 6.45) is 7.63. The molecular weight excluding hydrogens is 254 g/mol. The Morgan fingerprint density at radius 2 is 2.20 bits per heavy atom. The highest BCUT2D eigenvalue weighted by atomic mass is 16.2. The fourth-order valence-corrected chi connectivity index (χ4v) is 2.45. The second-order valence-electron chi connectivity index (χ2n) is 4.80. The Labute approximate surface area is 119 Å². The van der Waals surface area contributed by atoms with E-state index in [1.54, 1.807) is 6.34 Å². The molecule has 6 heteroatoms. The largest absolute Gasteiger partial charge is 0.393 e. The van der Waals surface area contributed by atoms with Crippen LogP contribution in [-0.2, 0) is 4.79 Å². The molecule has 2 aliphatic heterocycles. The second-order valence-corrected chi connectivity index (χ2v) is 4.80. The van der Waals surface area contributed by atoms with Gasteiger partial charge < -0.3 is 10.2 Å². The fourth-order valence-electron chi connectivity index (χ4n) is 2.45. The average molecular weight is 275 g/mol. The van der Waals surface area contributed by atoms with E-state index in [2.05, 4.69) is 26.8 Å². The number of nitrogens with zero attached hydrogens (tertiary/aromatic N) is 4. The molecule has 0 saturated carbocycles. The number of carbonyl (C=O) groups excluding carboxylic acids is 1. The Hall–Kier alpha value is -1.95. The van der Waals surface area contributed by atoms with Crippen LogP contribution in [0.25, 0.3) is 0 Å². The summed E-state index contributed by atoms with van der Waals surface area (Å²) in [7, 11) is 1.86. The molecule has 1 fully saturated rings. The number of hydrogen-bond acceptors (Lipinski definition) is 5. The topological polar surface area (TPSA) is 60.3 Å². The molecule has 2 heterocycles. The van der Waals surface area contributed by atoms with Crippen LogP contribution >= 0.6 is 0 Å². The third kappa shape index (κ3) is 3.54. The Morgan fingerprint density at radius 3 is 2.85 bits per heavy atom. The summed E-state index contributed by atoms with van der Waals surface area (Å²) in [5, 5.41) is 3.00. The van der Waals surface area contributed by atoms with Gasteiger partial charge in [-0.3, -0.25) is 9.69 Å². The van der Waals surface area contributed by atoms with E-state index in [4.69, 9.17) is 0 Å². The molecule has 0 aromatic heterocycles. The minimum atomic E-state index is 0.0123. The predicted molar refractivity (Wildman–Crippen MR) is 80.9 cm³/mol. The Balaban J connectivity index is 1.94. The molecule has 6 nitrogen and oxygen atoms in total. The molecule has 1 atom stereocenters. The van der Waals surface area contributed by atoms with Gasteiger partial charge in [0.25, 0.3) is 0 Å². The zero-order valence-electron chi connectivity index (χ0n) is 11.8. The molecule has 0 bridgehead atoms. The number of amides is 1. The number of nitrogens with one attached hydrogen (secondary N) is 1. The highest BCUT2D eigenvalue weighted by molar-refractivity contribution is 5.87. The normalized spacial score (nSPS) is 25.6. The Kier molecular flexibility index (Phi) is 5.06. The van der Waals surface area contributed by atoms with Crippen LogP contribution in [-0.4, -0.2) is 67.5 Å². The minimum absolute atomic E-state index is 0.0123. The SMILES string of the molecule is C=CC(=O)N1CCN(C2C=NC=N/C(=C/NC)C2)CC1. The highest BCUT2D eigenvalue weighted by Crippen LogP contribution is 2.15. The zero-order valence-corrected chi connectivity index (χ0v) is 11.8. The van der Waals surface area contributed by atoms with E-state index < -0.39 is 0 Å². The monoisotopic (exact) mass is 275 g/mol. The lowest BCUT2D eigenvalue weighted by molar-refractivity contribution is -0.127. The van der Waals surface area contributed by atoms with Crippen LogP contribution in [0.3, 0.4) is 0 Å². The van der Waals surface area contributed by atoms with Crippen molar-refractivity contribution in [3.05, 3.63) is 24.6 Å². The van der Waals surface area contributed by atoms with Gasteiger partial charge in [0.15, 0.2) is 0 Å². The molecule has 0 spiro atoms. The van der Waals surface area contributed by atoms with Crippen LogP contribution < -0.4 is 5.32 Å². The lowest BCUT2D eigenvalue weighted by Crippen LogP contribution is -2.52. The first kappa shape index (κ1) is 14.5. The Morgan fingerprint density at radius 1 is 1.45 bits per heavy atom. The van der Waals surface area contributed by atoms with E-state index in [9.17, 15) is 4.79 Å². The summed E-state index contributed by atoms with van der Waals surface area (Å²) in [4.78, 5) is 24.2. The van der Waals surface area contributed by atoms with Crippen molar-refractivity contribution in [3.8, 4) is 0 Å². The predicted octanol–water partition coefficient (Wildman–Crippen LogP) is 0.249. The molecule has 0 aliphatic carbocycles. The molecule has 1 saturated heterocycles. The summed E-state index contributed by atoms with van der Waals surface area (Å²) < 4.78 is 0. The van der Waals surface area contributed by atoms with Gasteiger partial charge in [0, 0.05) is 52.1 Å². The first-order valence-corrected chi connectivity index (χ1v) is 6.82. The van der Waals surface area contributed by atoms with Crippen LogP contribution in [0, 0.1) is 0 Å². The van der Waals surface area contributed by atoms with Gasteiger partial charge in [0.1, 0.15) is 6.34 Å². The second kappa shape index (κ2) is 7.00. The van der Waals surface area contributed by atoms with E-state index in [1.807, 2.05) is 24.4 Å². The first-order valence-electron chi connectivity index (χ1n) is 6.82. The highest BCUT2D eigenvalue weighted by Gasteiger charge is 2.25. The lowest BCUT2D eigenvalue weighted by Gasteiger charge is -2.37. The molecule has 0 radical (unpaired) electrons. The molecule has 108 valence electrons. The third-order valence-corrected chi connectivity index (χ3v) is 3.55. The van der Waals surface area contributed by atoms with Crippen molar-refractivity contribution in [2.45, 2.75) is 12.5 Å². The molecule has 1 unspecified atom stereocenters. The average Bonchev–Trinajstić information content (AvgIpc) is 2.73. The van der Waals surface area contributed by atoms with Gasteiger partial charge in [0.2, 0.25) is 5.91 Å². The summed E-state index contributed by atoms with van der Waals surface area (Å²) in [6.45, 7) is 6.71. The van der Waals surface area contributed by atoms with Gasteiger partial charge in [-0.1, -0.05) is 6.58 Å². The minimum Gasteiger partial charge on any atom is -0.393 e. The maximum absolute atomic E-state index is 11.6. The number of piperazine rings is 1. The smallest absolute Gasteiger partial charge is 0.246 e. The molecule has 2 aliphatic rings. The molecule has 1 N–H and O–H groups in total. The summed E-state index contributed by atoms with van der Waals surface area (Å²) in [5.41, 5.74) is 0.986. The number of aliphatic imine (C=N–C) groups is 2. The van der Waals surface area contributed by atoms with Crippen LogP contribution in [0.4, 0.5) is 0 Å². The van der Waals surface area contributed by atoms with E-state index in [0.29, 0.717) is 0 Å². The number of hydrogen-bond donors (Lipinski definition) is 1. The quantitative estimate of drug-likeness (QED) is 0.751. The summed E-state index contributed by atoms with van der Waals surface area (Å²) in [6, 6.07) is 0.234.